The van der Waals surface area contributed by atoms with Crippen LogP contribution in [0.1, 0.15) is 37.1 Å². The molecule has 13 heteroatoms. The van der Waals surface area contributed by atoms with Crippen LogP contribution in [-0.4, -0.2) is 79.8 Å². The van der Waals surface area contributed by atoms with E-state index in [-0.39, 0.29) is 30.7 Å². The lowest BCUT2D eigenvalue weighted by molar-refractivity contribution is -0.126. The van der Waals surface area contributed by atoms with Gasteiger partial charge in [-0.05, 0) is 38.1 Å². The molecule has 208 valence electrons. The Kier molecular flexibility index (Phi) is 8.06. The second-order valence-corrected chi connectivity index (χ2v) is 10.3. The van der Waals surface area contributed by atoms with Gasteiger partial charge in [-0.3, -0.25) is 9.88 Å². The summed E-state index contributed by atoms with van der Waals surface area (Å²) in [5, 5.41) is 15.6. The van der Waals surface area contributed by atoms with Crippen LogP contribution in [0.5, 0.6) is 5.75 Å². The Balaban J connectivity index is 0.000000214. The summed E-state index contributed by atoms with van der Waals surface area (Å²) in [5.74, 6) is -2.29. The summed E-state index contributed by atoms with van der Waals surface area (Å²) in [6.07, 6.45) is 5.25. The van der Waals surface area contributed by atoms with Crippen molar-refractivity contribution in [2.45, 2.75) is 44.6 Å². The number of H-pyrrole nitrogens is 1. The first kappa shape index (κ1) is 27.4. The molecule has 2 saturated heterocycles. The van der Waals surface area contributed by atoms with Crippen molar-refractivity contribution in [3.8, 4) is 17.0 Å². The minimum atomic E-state index is -2.46. The number of hydrogen-bond donors (Lipinski definition) is 1. The van der Waals surface area contributed by atoms with Crippen LogP contribution in [0.25, 0.3) is 16.8 Å². The number of alkyl halides is 2. The van der Waals surface area contributed by atoms with E-state index in [1.54, 1.807) is 16.8 Å². The molecule has 0 radical (unpaired) electrons. The quantitative estimate of drug-likeness (QED) is 0.356. The van der Waals surface area contributed by atoms with Crippen LogP contribution in [0, 0.1) is 12.7 Å². The summed E-state index contributed by atoms with van der Waals surface area (Å²) >= 11 is 6.28. The standard InChI is InChI=1S/C18H16ClFN6O.C8H13F2NO/c1-10(15-4-3-13(20)6-21-15)9-27-16-5-12(17-11(2)23-25-24-17)8-26-18(16)14(19)7-22-26;9-8(10)2-1-3-11(6-8)7-4-12-5-7/h3-8,10H,9H2,1-2H3,(H,23,24,25);7H,1-6H2. The lowest BCUT2D eigenvalue weighted by Crippen LogP contribution is -2.55. The minimum absolute atomic E-state index is 0.0372. The molecule has 2 fully saturated rings. The number of pyridine rings is 2. The average Bonchev–Trinajstić information content (AvgIpc) is 3.47. The number of hydrogen-bond acceptors (Lipinski definition) is 7. The van der Waals surface area contributed by atoms with Crippen LogP contribution in [-0.2, 0) is 4.74 Å². The first-order valence-corrected chi connectivity index (χ1v) is 13.1. The summed E-state index contributed by atoms with van der Waals surface area (Å²) in [6.45, 7) is 6.18. The van der Waals surface area contributed by atoms with Crippen molar-refractivity contribution >= 4 is 17.1 Å². The van der Waals surface area contributed by atoms with Crippen LogP contribution >= 0.6 is 11.6 Å². The second-order valence-electron chi connectivity index (χ2n) is 9.87. The van der Waals surface area contributed by atoms with Crippen LogP contribution in [0.3, 0.4) is 0 Å². The van der Waals surface area contributed by atoms with E-state index in [2.05, 4.69) is 25.5 Å². The molecule has 9 nitrogen and oxygen atoms in total. The predicted molar refractivity (Wildman–Crippen MR) is 139 cm³/mol. The maximum absolute atomic E-state index is 13.1. The molecule has 0 amide bonds. The first-order valence-electron chi connectivity index (χ1n) is 12.7. The fraction of sp³-hybridized carbons (Fsp3) is 0.462. The van der Waals surface area contributed by atoms with E-state index in [4.69, 9.17) is 21.1 Å². The van der Waals surface area contributed by atoms with Crippen molar-refractivity contribution in [3.63, 3.8) is 0 Å². The summed E-state index contributed by atoms with van der Waals surface area (Å²) in [4.78, 5) is 5.96. The monoisotopic (exact) mass is 563 g/mol. The van der Waals surface area contributed by atoms with Crippen LogP contribution in [0.2, 0.25) is 5.02 Å². The number of aryl methyl sites for hydroxylation is 1. The Hall–Kier alpha value is -3.22. The molecule has 0 aromatic carbocycles. The molecule has 39 heavy (non-hydrogen) atoms. The molecule has 4 aromatic rings. The number of piperidine rings is 1. The van der Waals surface area contributed by atoms with Crippen molar-refractivity contribution in [2.24, 2.45) is 0 Å². The molecule has 6 rings (SSSR count). The van der Waals surface area contributed by atoms with E-state index >= 15 is 0 Å². The number of fused-ring (bicyclic) bond motifs is 1. The highest BCUT2D eigenvalue weighted by molar-refractivity contribution is 6.34. The zero-order valence-corrected chi connectivity index (χ0v) is 22.3. The van der Waals surface area contributed by atoms with Crippen molar-refractivity contribution in [2.75, 3.05) is 32.9 Å². The number of rotatable bonds is 6. The summed E-state index contributed by atoms with van der Waals surface area (Å²) in [5.41, 5.74) is 3.69. The normalized spacial score (nSPS) is 18.3. The number of nitrogens with one attached hydrogen (secondary N) is 1. The van der Waals surface area contributed by atoms with Gasteiger partial charge in [0, 0.05) is 29.8 Å². The summed E-state index contributed by atoms with van der Waals surface area (Å²) < 4.78 is 51.5. The molecule has 2 aliphatic rings. The highest BCUT2D eigenvalue weighted by atomic mass is 35.5. The SMILES string of the molecule is Cc1n[nH]nc1-c1cc(OCC(C)c2ccc(F)cn2)c2c(Cl)cnn2c1.FC1(F)CCCN(C2COC2)C1. The highest BCUT2D eigenvalue weighted by Crippen LogP contribution is 2.33. The van der Waals surface area contributed by atoms with Gasteiger partial charge in [-0.25, -0.2) is 17.7 Å². The maximum atomic E-state index is 13.1. The number of likely N-dealkylation sites (tertiary alicyclic amines) is 1. The van der Waals surface area contributed by atoms with Gasteiger partial charge < -0.3 is 9.47 Å². The van der Waals surface area contributed by atoms with E-state index in [0.29, 0.717) is 48.2 Å². The van der Waals surface area contributed by atoms with Crippen molar-refractivity contribution in [3.05, 3.63) is 59.0 Å². The van der Waals surface area contributed by atoms with Gasteiger partial charge in [0.1, 0.15) is 22.8 Å². The third kappa shape index (κ3) is 6.34. The van der Waals surface area contributed by atoms with Gasteiger partial charge in [0.05, 0.1) is 55.5 Å². The van der Waals surface area contributed by atoms with Crippen molar-refractivity contribution in [1.29, 1.82) is 0 Å². The number of nitrogens with zero attached hydrogens (tertiary/aromatic N) is 6. The predicted octanol–water partition coefficient (Wildman–Crippen LogP) is 4.91. The summed E-state index contributed by atoms with van der Waals surface area (Å²) in [7, 11) is 0. The molecule has 6 heterocycles. The van der Waals surface area contributed by atoms with Gasteiger partial charge in [-0.2, -0.15) is 20.5 Å². The fourth-order valence-corrected chi connectivity index (χ4v) is 4.79. The third-order valence-corrected chi connectivity index (χ3v) is 7.11. The Morgan fingerprint density at radius 3 is 2.72 bits per heavy atom. The average molecular weight is 564 g/mol. The molecule has 2 aliphatic heterocycles. The minimum Gasteiger partial charge on any atom is -0.491 e. The molecule has 1 unspecified atom stereocenters. The third-order valence-electron chi connectivity index (χ3n) is 6.83. The summed E-state index contributed by atoms with van der Waals surface area (Å²) in [6, 6.07) is 5.16. The zero-order valence-electron chi connectivity index (χ0n) is 21.6. The highest BCUT2D eigenvalue weighted by Gasteiger charge is 2.39. The number of aromatic amines is 1. The molecule has 0 spiro atoms. The molecule has 1 atom stereocenters. The van der Waals surface area contributed by atoms with Gasteiger partial charge >= 0.3 is 0 Å². The smallest absolute Gasteiger partial charge is 0.260 e. The molecule has 0 bridgehead atoms. The zero-order chi connectivity index (χ0) is 27.6. The Bertz CT molecular complexity index is 1410. The van der Waals surface area contributed by atoms with E-state index in [1.807, 2.05) is 31.0 Å². The van der Waals surface area contributed by atoms with Crippen LogP contribution in [0.15, 0.2) is 36.8 Å². The van der Waals surface area contributed by atoms with E-state index in [1.165, 1.54) is 12.3 Å². The number of ether oxygens (including phenoxy) is 2. The molecule has 0 aliphatic carbocycles. The molecule has 0 saturated carbocycles. The van der Waals surface area contributed by atoms with Gasteiger partial charge in [0.2, 0.25) is 0 Å². The molecule has 1 N–H and O–H groups in total. The second kappa shape index (κ2) is 11.5. The van der Waals surface area contributed by atoms with Gasteiger partial charge in [0.15, 0.2) is 0 Å². The maximum Gasteiger partial charge on any atom is 0.260 e. The lowest BCUT2D eigenvalue weighted by atomic mass is 10.0. The van der Waals surface area contributed by atoms with Crippen molar-refractivity contribution < 1.29 is 22.6 Å². The van der Waals surface area contributed by atoms with Gasteiger partial charge in [-0.1, -0.05) is 18.5 Å². The largest absolute Gasteiger partial charge is 0.491 e. The first-order chi connectivity index (χ1) is 18.7. The van der Waals surface area contributed by atoms with E-state index in [9.17, 15) is 13.2 Å². The fourth-order valence-electron chi connectivity index (χ4n) is 4.57. The Morgan fingerprint density at radius 1 is 1.26 bits per heavy atom. The molecule has 4 aromatic heterocycles. The Morgan fingerprint density at radius 2 is 2.08 bits per heavy atom. The van der Waals surface area contributed by atoms with E-state index < -0.39 is 5.92 Å². The van der Waals surface area contributed by atoms with Gasteiger partial charge in [-0.15, -0.1) is 0 Å². The number of halogens is 4. The van der Waals surface area contributed by atoms with Crippen LogP contribution in [0.4, 0.5) is 13.2 Å². The van der Waals surface area contributed by atoms with Crippen LogP contribution < -0.4 is 4.74 Å². The van der Waals surface area contributed by atoms with Gasteiger partial charge in [0.25, 0.3) is 5.92 Å². The Labute approximate surface area is 228 Å². The molecular weight excluding hydrogens is 535 g/mol. The lowest BCUT2D eigenvalue weighted by Gasteiger charge is -2.41. The van der Waals surface area contributed by atoms with E-state index in [0.717, 1.165) is 23.5 Å². The number of aromatic nitrogens is 6. The topological polar surface area (TPSA) is 93.5 Å². The van der Waals surface area contributed by atoms with Crippen molar-refractivity contribution in [1.82, 2.24) is 34.9 Å². The molecular formula is C26H29ClF3N7O2.